The number of para-hydroxylation sites is 1. The maximum absolute atomic E-state index is 14.2. The number of hydrogen-bond acceptors (Lipinski definition) is 6. The minimum atomic E-state index is -4.00. The van der Waals surface area contributed by atoms with Crippen LogP contribution < -0.4 is 15.8 Å². The van der Waals surface area contributed by atoms with Crippen molar-refractivity contribution in [2.45, 2.75) is 17.9 Å². The molecule has 2 aromatic carbocycles. The summed E-state index contributed by atoms with van der Waals surface area (Å²) in [6, 6.07) is 12.9. The average Bonchev–Trinajstić information content (AvgIpc) is 2.88. The molecule has 4 rings (SSSR count). The topological polar surface area (TPSA) is 101 Å². The lowest BCUT2D eigenvalue weighted by atomic mass is 10.2. The Morgan fingerprint density at radius 3 is 2.39 bits per heavy atom. The molecular formula is C25H29FN4O5S. The summed E-state index contributed by atoms with van der Waals surface area (Å²) in [4.78, 5) is 27.2. The van der Waals surface area contributed by atoms with Crippen LogP contribution in [0.15, 0.2) is 64.4 Å². The molecule has 0 aliphatic carbocycles. The Kier molecular flexibility index (Phi) is 8.02. The van der Waals surface area contributed by atoms with Crippen molar-refractivity contribution in [2.24, 2.45) is 0 Å². The van der Waals surface area contributed by atoms with Crippen molar-refractivity contribution in [1.82, 2.24) is 14.2 Å². The van der Waals surface area contributed by atoms with Crippen molar-refractivity contribution in [3.8, 4) is 0 Å². The van der Waals surface area contributed by atoms with E-state index < -0.39 is 21.5 Å². The first kappa shape index (κ1) is 25.8. The molecule has 3 aromatic rings. The van der Waals surface area contributed by atoms with Gasteiger partial charge in [-0.2, -0.15) is 4.31 Å². The second-order valence-electron chi connectivity index (χ2n) is 8.51. The van der Waals surface area contributed by atoms with Crippen LogP contribution in [0.5, 0.6) is 0 Å². The van der Waals surface area contributed by atoms with Gasteiger partial charge in [0.05, 0.1) is 5.69 Å². The number of hydrogen-bond donors (Lipinski definition) is 1. The maximum Gasteiger partial charge on any atom is 0.258 e. The molecule has 2 heterocycles. The molecule has 0 spiro atoms. The zero-order valence-corrected chi connectivity index (χ0v) is 20.8. The second kappa shape index (κ2) is 11.2. The van der Waals surface area contributed by atoms with Crippen molar-refractivity contribution in [3.63, 3.8) is 0 Å². The SMILES string of the molecule is COCCCNC(=O)Cn1cc(S(=O)(=O)N2CCN(c3ccccc3F)CC2)c2ccccc2c1=O. The number of nitrogens with one attached hydrogen (secondary N) is 1. The first-order valence-corrected chi connectivity index (χ1v) is 13.1. The van der Waals surface area contributed by atoms with Gasteiger partial charge < -0.3 is 19.5 Å². The standard InChI is InChI=1S/C25H29FN4O5S/c1-35-16-6-11-27-24(31)18-29-17-23(19-7-2-3-8-20(19)25(29)32)36(33,34)30-14-12-28(13-15-30)22-10-5-4-9-21(22)26/h2-5,7-10,17H,6,11-16,18H2,1H3,(H,27,31). The van der Waals surface area contributed by atoms with E-state index in [-0.39, 0.29) is 35.7 Å². The number of carbonyl (C=O) groups excluding carboxylic acids is 1. The van der Waals surface area contributed by atoms with Gasteiger partial charge in [-0.15, -0.1) is 0 Å². The number of fused-ring (bicyclic) bond motifs is 1. The molecule has 1 aliphatic heterocycles. The highest BCUT2D eigenvalue weighted by Gasteiger charge is 2.31. The first-order valence-electron chi connectivity index (χ1n) is 11.7. The second-order valence-corrected chi connectivity index (χ2v) is 10.4. The lowest BCUT2D eigenvalue weighted by Crippen LogP contribution is -2.49. The van der Waals surface area contributed by atoms with Crippen LogP contribution in [-0.2, 0) is 26.1 Å². The van der Waals surface area contributed by atoms with E-state index in [9.17, 15) is 22.4 Å². The van der Waals surface area contributed by atoms with Crippen LogP contribution in [-0.4, -0.2) is 69.6 Å². The number of pyridine rings is 1. The number of benzene rings is 2. The first-order chi connectivity index (χ1) is 17.3. The molecule has 1 aliphatic rings. The molecule has 0 atom stereocenters. The smallest absolute Gasteiger partial charge is 0.258 e. The molecular weight excluding hydrogens is 487 g/mol. The highest BCUT2D eigenvalue weighted by Crippen LogP contribution is 2.26. The van der Waals surface area contributed by atoms with E-state index in [1.54, 1.807) is 49.6 Å². The highest BCUT2D eigenvalue weighted by atomic mass is 32.2. The van der Waals surface area contributed by atoms with E-state index in [4.69, 9.17) is 4.74 Å². The summed E-state index contributed by atoms with van der Waals surface area (Å²) >= 11 is 0. The van der Waals surface area contributed by atoms with E-state index in [1.807, 2.05) is 4.90 Å². The van der Waals surface area contributed by atoms with E-state index in [1.165, 1.54) is 16.6 Å². The molecule has 192 valence electrons. The van der Waals surface area contributed by atoms with Crippen molar-refractivity contribution in [1.29, 1.82) is 0 Å². The molecule has 1 aromatic heterocycles. The van der Waals surface area contributed by atoms with Crippen molar-refractivity contribution < 1.29 is 22.3 Å². The number of methoxy groups -OCH3 is 1. The number of piperazine rings is 1. The Morgan fingerprint density at radius 2 is 1.69 bits per heavy atom. The minimum absolute atomic E-state index is 0.0378. The predicted molar refractivity (Wildman–Crippen MR) is 135 cm³/mol. The van der Waals surface area contributed by atoms with E-state index >= 15 is 0 Å². The van der Waals surface area contributed by atoms with E-state index in [0.29, 0.717) is 43.7 Å². The molecule has 1 fully saturated rings. The fourth-order valence-electron chi connectivity index (χ4n) is 4.30. The Hall–Kier alpha value is -3.28. The Labute approximate surface area is 209 Å². The summed E-state index contributed by atoms with van der Waals surface area (Å²) in [5.41, 5.74) is -0.00831. The lowest BCUT2D eigenvalue weighted by Gasteiger charge is -2.35. The Morgan fingerprint density at radius 1 is 1.03 bits per heavy atom. The van der Waals surface area contributed by atoms with Crippen molar-refractivity contribution >= 4 is 32.4 Å². The molecule has 1 saturated heterocycles. The average molecular weight is 517 g/mol. The summed E-state index contributed by atoms with van der Waals surface area (Å²) in [6.07, 6.45) is 1.87. The van der Waals surface area contributed by atoms with Crippen LogP contribution in [0.1, 0.15) is 6.42 Å². The summed E-state index contributed by atoms with van der Waals surface area (Å²) in [5.74, 6) is -0.752. The zero-order valence-electron chi connectivity index (χ0n) is 20.0. The largest absolute Gasteiger partial charge is 0.385 e. The third kappa shape index (κ3) is 5.43. The molecule has 1 amide bonds. The number of anilines is 1. The van der Waals surface area contributed by atoms with Gasteiger partial charge in [0.15, 0.2) is 0 Å². The third-order valence-electron chi connectivity index (χ3n) is 6.17. The number of sulfonamides is 1. The predicted octanol–water partition coefficient (Wildman–Crippen LogP) is 1.80. The van der Waals surface area contributed by atoms with Gasteiger partial charge in [0.1, 0.15) is 17.3 Å². The number of rotatable bonds is 9. The highest BCUT2D eigenvalue weighted by molar-refractivity contribution is 7.89. The van der Waals surface area contributed by atoms with Gasteiger partial charge in [0.25, 0.3) is 5.56 Å². The number of aromatic nitrogens is 1. The number of carbonyl (C=O) groups is 1. The number of halogens is 1. The maximum atomic E-state index is 14.2. The van der Waals surface area contributed by atoms with Crippen LogP contribution >= 0.6 is 0 Å². The molecule has 0 radical (unpaired) electrons. The van der Waals surface area contributed by atoms with Crippen LogP contribution in [0.25, 0.3) is 10.8 Å². The van der Waals surface area contributed by atoms with E-state index in [0.717, 1.165) is 4.57 Å². The summed E-state index contributed by atoms with van der Waals surface area (Å²) in [7, 11) is -2.43. The molecule has 0 bridgehead atoms. The molecule has 0 unspecified atom stereocenters. The molecule has 9 nitrogen and oxygen atoms in total. The summed E-state index contributed by atoms with van der Waals surface area (Å²) in [6.45, 7) is 1.52. The normalized spacial score (nSPS) is 14.8. The number of ether oxygens (including phenoxy) is 1. The minimum Gasteiger partial charge on any atom is -0.385 e. The number of amides is 1. The van der Waals surface area contributed by atoms with Gasteiger partial charge in [-0.3, -0.25) is 9.59 Å². The van der Waals surface area contributed by atoms with Gasteiger partial charge in [0, 0.05) is 63.4 Å². The van der Waals surface area contributed by atoms with Crippen LogP contribution in [0.4, 0.5) is 10.1 Å². The van der Waals surface area contributed by atoms with Gasteiger partial charge in [-0.1, -0.05) is 30.3 Å². The Bertz CT molecular complexity index is 1400. The van der Waals surface area contributed by atoms with Crippen molar-refractivity contribution in [3.05, 3.63) is 70.9 Å². The van der Waals surface area contributed by atoms with Crippen LogP contribution in [0, 0.1) is 5.82 Å². The number of nitrogens with zero attached hydrogens (tertiary/aromatic N) is 3. The lowest BCUT2D eigenvalue weighted by molar-refractivity contribution is -0.121. The Balaban J connectivity index is 1.60. The van der Waals surface area contributed by atoms with E-state index in [2.05, 4.69) is 5.32 Å². The summed E-state index contributed by atoms with van der Waals surface area (Å²) < 4.78 is 49.1. The molecule has 0 saturated carbocycles. The van der Waals surface area contributed by atoms with Crippen LogP contribution in [0.3, 0.4) is 0 Å². The van der Waals surface area contributed by atoms with Gasteiger partial charge in [0.2, 0.25) is 15.9 Å². The zero-order chi connectivity index (χ0) is 25.7. The quantitative estimate of drug-likeness (QED) is 0.436. The summed E-state index contributed by atoms with van der Waals surface area (Å²) in [5, 5.41) is 3.23. The van der Waals surface area contributed by atoms with Gasteiger partial charge >= 0.3 is 0 Å². The fraction of sp³-hybridized carbons (Fsp3) is 0.360. The van der Waals surface area contributed by atoms with Gasteiger partial charge in [-0.05, 0) is 24.6 Å². The monoisotopic (exact) mass is 516 g/mol. The third-order valence-corrected chi connectivity index (χ3v) is 8.09. The molecule has 36 heavy (non-hydrogen) atoms. The van der Waals surface area contributed by atoms with Crippen molar-refractivity contribution in [2.75, 3.05) is 51.3 Å². The molecule has 11 heteroatoms. The fourth-order valence-corrected chi connectivity index (χ4v) is 5.94. The van der Waals surface area contributed by atoms with Crippen LogP contribution in [0.2, 0.25) is 0 Å². The molecule has 1 N–H and O–H groups in total. The van der Waals surface area contributed by atoms with Gasteiger partial charge in [-0.25, -0.2) is 12.8 Å².